The Kier molecular flexibility index (Phi) is 6.67. The molecule has 0 aromatic carbocycles. The van der Waals surface area contributed by atoms with Gasteiger partial charge in [0.1, 0.15) is 5.60 Å². The highest BCUT2D eigenvalue weighted by Gasteiger charge is 2.51. The fourth-order valence-electron chi connectivity index (χ4n) is 4.40. The summed E-state index contributed by atoms with van der Waals surface area (Å²) in [6, 6.07) is 0. The summed E-state index contributed by atoms with van der Waals surface area (Å²) in [6.07, 6.45) is 1.76. The van der Waals surface area contributed by atoms with Gasteiger partial charge in [-0.25, -0.2) is 17.5 Å². The van der Waals surface area contributed by atoms with Crippen molar-refractivity contribution in [3.8, 4) is 0 Å². The second-order valence-corrected chi connectivity index (χ2v) is 10.1. The molecule has 0 aliphatic carbocycles. The maximum atomic E-state index is 12.9. The van der Waals surface area contributed by atoms with Crippen LogP contribution in [0.15, 0.2) is 11.1 Å². The van der Waals surface area contributed by atoms with Crippen LogP contribution in [-0.2, 0) is 24.3 Å². The van der Waals surface area contributed by atoms with Crippen molar-refractivity contribution in [2.24, 2.45) is 0 Å². The van der Waals surface area contributed by atoms with Crippen molar-refractivity contribution in [3.05, 3.63) is 11.1 Å². The monoisotopic (exact) mass is 428 g/mol. The number of carbonyl (C=O) groups is 2. The van der Waals surface area contributed by atoms with Crippen LogP contribution in [0, 0.1) is 0 Å². The molecule has 0 atom stereocenters. The fraction of sp³-hybridized carbons (Fsp3) is 0.789. The predicted molar refractivity (Wildman–Crippen MR) is 109 cm³/mol. The van der Waals surface area contributed by atoms with Crippen LogP contribution in [0.2, 0.25) is 0 Å². The van der Waals surface area contributed by atoms with E-state index < -0.39 is 21.6 Å². The number of hydrogen-bond donors (Lipinski definition) is 1. The van der Waals surface area contributed by atoms with Crippen molar-refractivity contribution >= 4 is 21.9 Å². The molecule has 1 spiro atoms. The van der Waals surface area contributed by atoms with Crippen LogP contribution < -0.4 is 5.32 Å². The van der Waals surface area contributed by atoms with Crippen LogP contribution in [0.3, 0.4) is 0 Å². The molecule has 3 rings (SSSR count). The molecule has 10 heteroatoms. The molecule has 2 saturated heterocycles. The van der Waals surface area contributed by atoms with Crippen molar-refractivity contribution < 1.29 is 22.7 Å². The Morgan fingerprint density at radius 2 is 1.69 bits per heavy atom. The van der Waals surface area contributed by atoms with E-state index in [4.69, 9.17) is 4.74 Å². The molecular weight excluding hydrogens is 396 g/mol. The van der Waals surface area contributed by atoms with E-state index >= 15 is 0 Å². The van der Waals surface area contributed by atoms with Gasteiger partial charge in [0.2, 0.25) is 10.0 Å². The maximum Gasteiger partial charge on any atom is 0.335 e. The van der Waals surface area contributed by atoms with Crippen LogP contribution in [0.4, 0.5) is 0 Å². The Balaban J connectivity index is 1.59. The topological polar surface area (TPSA) is 99.3 Å². The van der Waals surface area contributed by atoms with Crippen molar-refractivity contribution in [3.63, 3.8) is 0 Å². The number of nitrogens with zero attached hydrogens (tertiary/aromatic N) is 3. The van der Waals surface area contributed by atoms with E-state index in [-0.39, 0.29) is 19.0 Å². The van der Waals surface area contributed by atoms with E-state index in [0.29, 0.717) is 30.5 Å². The van der Waals surface area contributed by atoms with E-state index in [1.54, 1.807) is 6.92 Å². The molecular formula is C19H32N4O5S. The van der Waals surface area contributed by atoms with Crippen LogP contribution in [0.1, 0.15) is 26.7 Å². The minimum absolute atomic E-state index is 0.234. The fourth-order valence-corrected chi connectivity index (χ4v) is 5.25. The Hall–Kier alpha value is -1.49. The molecule has 0 unspecified atom stereocenters. The number of esters is 1. The van der Waals surface area contributed by atoms with Crippen LogP contribution in [0.5, 0.6) is 0 Å². The molecule has 9 nitrogen and oxygen atoms in total. The molecule has 29 heavy (non-hydrogen) atoms. The smallest absolute Gasteiger partial charge is 0.335 e. The number of sulfonamides is 1. The van der Waals surface area contributed by atoms with Crippen molar-refractivity contribution in [1.82, 2.24) is 19.4 Å². The molecule has 2 fully saturated rings. The molecule has 0 saturated carbocycles. The van der Waals surface area contributed by atoms with Gasteiger partial charge in [-0.1, -0.05) is 6.92 Å². The highest BCUT2D eigenvalue weighted by Crippen LogP contribution is 2.41. The summed E-state index contributed by atoms with van der Waals surface area (Å²) in [5, 5.41) is 2.94. The number of likely N-dealkylation sites (N-methyl/N-ethyl adjacent to an activating group) is 1. The Morgan fingerprint density at radius 1 is 1.10 bits per heavy atom. The lowest BCUT2D eigenvalue weighted by atomic mass is 9.83. The summed E-state index contributed by atoms with van der Waals surface area (Å²) in [5.41, 5.74) is -0.322. The largest absolute Gasteiger partial charge is 0.450 e. The predicted octanol–water partition coefficient (Wildman–Crippen LogP) is -0.592. The third-order valence-corrected chi connectivity index (χ3v) is 7.58. The van der Waals surface area contributed by atoms with Crippen LogP contribution in [-0.4, -0.2) is 105 Å². The molecule has 1 amide bonds. The first-order valence-electron chi connectivity index (χ1n) is 10.3. The van der Waals surface area contributed by atoms with Gasteiger partial charge in [0.05, 0.1) is 11.8 Å². The Labute approximate surface area is 173 Å². The summed E-state index contributed by atoms with van der Waals surface area (Å²) in [5.74, 6) is -0.771. The van der Waals surface area contributed by atoms with Gasteiger partial charge in [-0.3, -0.25) is 9.69 Å². The second kappa shape index (κ2) is 8.71. The third kappa shape index (κ3) is 4.82. The lowest BCUT2D eigenvalue weighted by Gasteiger charge is -2.38. The van der Waals surface area contributed by atoms with Gasteiger partial charge in [-0.2, -0.15) is 0 Å². The highest BCUT2D eigenvalue weighted by atomic mass is 32.2. The zero-order chi connectivity index (χ0) is 21.2. The summed E-state index contributed by atoms with van der Waals surface area (Å²) in [7, 11) is -3.30. The van der Waals surface area contributed by atoms with Crippen LogP contribution in [0.25, 0.3) is 0 Å². The van der Waals surface area contributed by atoms with E-state index in [0.717, 1.165) is 39.3 Å². The zero-order valence-corrected chi connectivity index (χ0v) is 18.4. The Bertz CT molecular complexity index is 778. The molecule has 3 heterocycles. The van der Waals surface area contributed by atoms with Gasteiger partial charge in [-0.15, -0.1) is 0 Å². The molecule has 0 aromatic heterocycles. The normalized spacial score (nSPS) is 24.2. The van der Waals surface area contributed by atoms with Gasteiger partial charge >= 0.3 is 5.97 Å². The van der Waals surface area contributed by atoms with Gasteiger partial charge in [0, 0.05) is 70.8 Å². The molecule has 3 aliphatic rings. The lowest BCUT2D eigenvalue weighted by Crippen LogP contribution is -2.51. The molecule has 164 valence electrons. The van der Waals surface area contributed by atoms with Gasteiger partial charge < -0.3 is 15.0 Å². The number of nitrogens with one attached hydrogen (secondary N) is 1. The number of piperazine rings is 1. The SMILES string of the molecule is CCN1CCN(CCNC(=O)C2=C(C)C(=O)OC23CCN(S(C)(=O)=O)CC3)CC1. The average molecular weight is 429 g/mol. The molecule has 0 radical (unpaired) electrons. The minimum Gasteiger partial charge on any atom is -0.450 e. The van der Waals surface area contributed by atoms with E-state index in [2.05, 4.69) is 22.0 Å². The standard InChI is InChI=1S/C19H32N4O5S/c1-4-21-11-13-22(14-12-21)10-7-20-17(24)16-15(2)18(25)28-19(16)5-8-23(9-6-19)29(3,26)27/h4-14H2,1-3H3,(H,20,24). The second-order valence-electron chi connectivity index (χ2n) is 8.08. The molecule has 1 N–H and O–H groups in total. The number of carbonyl (C=O) groups excluding carboxylic acids is 2. The minimum atomic E-state index is -3.30. The highest BCUT2D eigenvalue weighted by molar-refractivity contribution is 7.88. The molecule has 3 aliphatic heterocycles. The van der Waals surface area contributed by atoms with E-state index in [9.17, 15) is 18.0 Å². The summed E-state index contributed by atoms with van der Waals surface area (Å²) in [6.45, 7) is 10.6. The quantitative estimate of drug-likeness (QED) is 0.565. The number of amides is 1. The average Bonchev–Trinajstić information content (AvgIpc) is 2.91. The van der Waals surface area contributed by atoms with Crippen molar-refractivity contribution in [2.45, 2.75) is 32.3 Å². The van der Waals surface area contributed by atoms with Gasteiger partial charge in [0.25, 0.3) is 5.91 Å². The number of piperidine rings is 1. The summed E-state index contributed by atoms with van der Waals surface area (Å²) >= 11 is 0. The van der Waals surface area contributed by atoms with Crippen LogP contribution >= 0.6 is 0 Å². The van der Waals surface area contributed by atoms with E-state index in [1.165, 1.54) is 10.6 Å². The maximum absolute atomic E-state index is 12.9. The first kappa shape index (κ1) is 22.2. The summed E-state index contributed by atoms with van der Waals surface area (Å²) in [4.78, 5) is 29.9. The molecule has 0 aromatic rings. The van der Waals surface area contributed by atoms with Crippen molar-refractivity contribution in [1.29, 1.82) is 0 Å². The van der Waals surface area contributed by atoms with E-state index in [1.807, 2.05) is 0 Å². The first-order valence-corrected chi connectivity index (χ1v) is 12.1. The summed E-state index contributed by atoms with van der Waals surface area (Å²) < 4.78 is 30.5. The Morgan fingerprint density at radius 3 is 2.24 bits per heavy atom. The lowest BCUT2D eigenvalue weighted by molar-refractivity contribution is -0.150. The molecule has 0 bridgehead atoms. The zero-order valence-electron chi connectivity index (χ0n) is 17.6. The van der Waals surface area contributed by atoms with Gasteiger partial charge in [0.15, 0.2) is 0 Å². The third-order valence-electron chi connectivity index (χ3n) is 6.28. The van der Waals surface area contributed by atoms with Crippen molar-refractivity contribution in [2.75, 3.05) is 65.2 Å². The van der Waals surface area contributed by atoms with Gasteiger partial charge in [-0.05, 0) is 13.5 Å². The number of hydrogen-bond acceptors (Lipinski definition) is 7. The number of ether oxygens (including phenoxy) is 1. The number of rotatable bonds is 6. The first-order chi connectivity index (χ1) is 13.7.